The summed E-state index contributed by atoms with van der Waals surface area (Å²) >= 11 is 0. The highest BCUT2D eigenvalue weighted by Crippen LogP contribution is 2.14. The van der Waals surface area contributed by atoms with Gasteiger partial charge in [-0.25, -0.2) is 8.42 Å². The standard InChI is InChI=1S/C23H30N2O4S/c1-29-22-11-9-21(10-12-22)18-24-13-15-25(16-14-24)23(26)19-30(27,28)17-5-8-20-6-3-2-4-7-20/h2-4,6-7,9-12H,5,8,13-19H2,1H3. The number of hydrogen-bond donors (Lipinski definition) is 0. The second-order valence-electron chi connectivity index (χ2n) is 7.69. The number of amides is 1. The predicted octanol–water partition coefficient (Wildman–Crippen LogP) is 2.39. The number of ether oxygens (including phenoxy) is 1. The van der Waals surface area contributed by atoms with E-state index in [-0.39, 0.29) is 17.4 Å². The lowest BCUT2D eigenvalue weighted by Crippen LogP contribution is -2.49. The van der Waals surface area contributed by atoms with E-state index in [0.717, 1.165) is 30.9 Å². The Morgan fingerprint density at radius 1 is 0.933 bits per heavy atom. The molecule has 1 saturated heterocycles. The topological polar surface area (TPSA) is 66.9 Å². The summed E-state index contributed by atoms with van der Waals surface area (Å²) in [5.41, 5.74) is 2.31. The maximum Gasteiger partial charge on any atom is 0.237 e. The van der Waals surface area contributed by atoms with Crippen LogP contribution in [0.1, 0.15) is 17.5 Å². The van der Waals surface area contributed by atoms with E-state index in [0.29, 0.717) is 25.9 Å². The molecule has 0 atom stereocenters. The van der Waals surface area contributed by atoms with E-state index in [4.69, 9.17) is 4.74 Å². The zero-order chi connectivity index (χ0) is 21.4. The average Bonchev–Trinajstić information content (AvgIpc) is 2.75. The molecule has 1 aliphatic heterocycles. The molecule has 1 heterocycles. The van der Waals surface area contributed by atoms with E-state index in [1.165, 1.54) is 5.56 Å². The number of carbonyl (C=O) groups is 1. The van der Waals surface area contributed by atoms with Crippen LogP contribution in [-0.4, -0.2) is 68.9 Å². The van der Waals surface area contributed by atoms with E-state index in [9.17, 15) is 13.2 Å². The third-order valence-electron chi connectivity index (χ3n) is 5.40. The molecular formula is C23H30N2O4S. The van der Waals surface area contributed by atoms with E-state index in [1.54, 1.807) is 12.0 Å². The Labute approximate surface area is 179 Å². The minimum atomic E-state index is -3.39. The molecule has 0 aliphatic carbocycles. The van der Waals surface area contributed by atoms with Crippen LogP contribution in [0, 0.1) is 0 Å². The van der Waals surface area contributed by atoms with Crippen molar-refractivity contribution in [3.63, 3.8) is 0 Å². The Morgan fingerprint density at radius 2 is 1.60 bits per heavy atom. The molecule has 6 nitrogen and oxygen atoms in total. The largest absolute Gasteiger partial charge is 0.497 e. The lowest BCUT2D eigenvalue weighted by Gasteiger charge is -2.34. The van der Waals surface area contributed by atoms with E-state index < -0.39 is 9.84 Å². The minimum absolute atomic E-state index is 0.0467. The van der Waals surface area contributed by atoms with Gasteiger partial charge in [0.05, 0.1) is 12.9 Å². The molecule has 2 aromatic carbocycles. The summed E-state index contributed by atoms with van der Waals surface area (Å²) in [5.74, 6) is 0.212. The number of rotatable bonds is 9. The number of carbonyl (C=O) groups excluding carboxylic acids is 1. The summed E-state index contributed by atoms with van der Waals surface area (Å²) in [7, 11) is -1.74. The molecule has 1 aliphatic rings. The van der Waals surface area contributed by atoms with Crippen LogP contribution in [0.5, 0.6) is 5.75 Å². The Balaban J connectivity index is 1.40. The molecule has 0 spiro atoms. The van der Waals surface area contributed by atoms with Crippen molar-refractivity contribution in [1.82, 2.24) is 9.80 Å². The lowest BCUT2D eigenvalue weighted by molar-refractivity contribution is -0.130. The van der Waals surface area contributed by atoms with Crippen molar-refractivity contribution in [3.05, 3.63) is 65.7 Å². The quantitative estimate of drug-likeness (QED) is 0.611. The Bertz CT molecular complexity index is 906. The van der Waals surface area contributed by atoms with Gasteiger partial charge in [-0.2, -0.15) is 0 Å². The summed E-state index contributed by atoms with van der Waals surface area (Å²) in [5, 5.41) is 0. The Kier molecular flexibility index (Phi) is 7.87. The molecule has 0 unspecified atom stereocenters. The van der Waals surface area contributed by atoms with Crippen LogP contribution < -0.4 is 4.74 Å². The molecule has 30 heavy (non-hydrogen) atoms. The Hall–Kier alpha value is -2.38. The maximum absolute atomic E-state index is 12.5. The molecule has 0 radical (unpaired) electrons. The van der Waals surface area contributed by atoms with Crippen LogP contribution in [0.25, 0.3) is 0 Å². The molecule has 0 saturated carbocycles. The molecule has 1 amide bonds. The van der Waals surface area contributed by atoms with Gasteiger partial charge in [-0.1, -0.05) is 42.5 Å². The van der Waals surface area contributed by atoms with E-state index in [2.05, 4.69) is 4.90 Å². The highest BCUT2D eigenvalue weighted by atomic mass is 32.2. The molecule has 7 heteroatoms. The SMILES string of the molecule is COc1ccc(CN2CCN(C(=O)CS(=O)(=O)CCCc3ccccc3)CC2)cc1. The van der Waals surface area contributed by atoms with Gasteiger partial charge in [-0.3, -0.25) is 9.69 Å². The van der Waals surface area contributed by atoms with E-state index in [1.807, 2.05) is 54.6 Å². The third kappa shape index (κ3) is 6.85. The van der Waals surface area contributed by atoms with Crippen LogP contribution in [-0.2, 0) is 27.6 Å². The second-order valence-corrected chi connectivity index (χ2v) is 9.87. The van der Waals surface area contributed by atoms with Crippen molar-refractivity contribution >= 4 is 15.7 Å². The van der Waals surface area contributed by atoms with Gasteiger partial charge in [0, 0.05) is 32.7 Å². The number of nitrogens with zero attached hydrogens (tertiary/aromatic N) is 2. The zero-order valence-corrected chi connectivity index (χ0v) is 18.3. The van der Waals surface area contributed by atoms with Gasteiger partial charge in [-0.05, 0) is 36.1 Å². The Morgan fingerprint density at radius 3 is 2.23 bits per heavy atom. The monoisotopic (exact) mass is 430 g/mol. The van der Waals surface area contributed by atoms with Gasteiger partial charge in [0.25, 0.3) is 0 Å². The van der Waals surface area contributed by atoms with Crippen molar-refractivity contribution < 1.29 is 17.9 Å². The minimum Gasteiger partial charge on any atom is -0.497 e. The molecule has 3 rings (SSSR count). The highest BCUT2D eigenvalue weighted by molar-refractivity contribution is 7.92. The lowest BCUT2D eigenvalue weighted by atomic mass is 10.1. The number of benzene rings is 2. The van der Waals surface area contributed by atoms with Crippen molar-refractivity contribution in [2.45, 2.75) is 19.4 Å². The summed E-state index contributed by atoms with van der Waals surface area (Å²) in [4.78, 5) is 16.5. The number of piperazine rings is 1. The van der Waals surface area contributed by atoms with Crippen molar-refractivity contribution in [2.75, 3.05) is 44.8 Å². The summed E-state index contributed by atoms with van der Waals surface area (Å²) in [6.07, 6.45) is 1.24. The average molecular weight is 431 g/mol. The fourth-order valence-electron chi connectivity index (χ4n) is 3.64. The van der Waals surface area contributed by atoms with Crippen LogP contribution in [0.2, 0.25) is 0 Å². The fraction of sp³-hybridized carbons (Fsp3) is 0.435. The number of hydrogen-bond acceptors (Lipinski definition) is 5. The smallest absolute Gasteiger partial charge is 0.237 e. The van der Waals surface area contributed by atoms with E-state index >= 15 is 0 Å². The molecule has 0 N–H and O–H groups in total. The first-order valence-electron chi connectivity index (χ1n) is 10.3. The van der Waals surface area contributed by atoms with Crippen LogP contribution in [0.3, 0.4) is 0 Å². The fourth-order valence-corrected chi connectivity index (χ4v) is 4.92. The van der Waals surface area contributed by atoms with Gasteiger partial charge in [0.15, 0.2) is 9.84 Å². The molecule has 0 bridgehead atoms. The van der Waals surface area contributed by atoms with Gasteiger partial charge in [0.2, 0.25) is 5.91 Å². The summed E-state index contributed by atoms with van der Waals surface area (Å²) in [6.45, 7) is 3.42. The second kappa shape index (κ2) is 10.6. The number of aryl methyl sites for hydroxylation is 1. The van der Waals surface area contributed by atoms with Gasteiger partial charge in [0.1, 0.15) is 11.5 Å². The van der Waals surface area contributed by atoms with Gasteiger partial charge < -0.3 is 9.64 Å². The predicted molar refractivity (Wildman–Crippen MR) is 118 cm³/mol. The first-order valence-corrected chi connectivity index (χ1v) is 12.1. The molecule has 2 aromatic rings. The van der Waals surface area contributed by atoms with Gasteiger partial charge >= 0.3 is 0 Å². The van der Waals surface area contributed by atoms with Crippen LogP contribution >= 0.6 is 0 Å². The highest BCUT2D eigenvalue weighted by Gasteiger charge is 2.25. The normalized spacial score (nSPS) is 15.2. The van der Waals surface area contributed by atoms with Crippen molar-refractivity contribution in [2.24, 2.45) is 0 Å². The molecular weight excluding hydrogens is 400 g/mol. The molecule has 0 aromatic heterocycles. The van der Waals surface area contributed by atoms with Gasteiger partial charge in [-0.15, -0.1) is 0 Å². The van der Waals surface area contributed by atoms with Crippen molar-refractivity contribution in [3.8, 4) is 5.75 Å². The van der Waals surface area contributed by atoms with Crippen molar-refractivity contribution in [1.29, 1.82) is 0 Å². The zero-order valence-electron chi connectivity index (χ0n) is 17.5. The third-order valence-corrected chi connectivity index (χ3v) is 6.99. The maximum atomic E-state index is 12.5. The molecule has 162 valence electrons. The summed E-state index contributed by atoms with van der Waals surface area (Å²) in [6, 6.07) is 17.8. The number of methoxy groups -OCH3 is 1. The van der Waals surface area contributed by atoms with Crippen LogP contribution in [0.4, 0.5) is 0 Å². The first-order chi connectivity index (χ1) is 14.4. The first kappa shape index (κ1) is 22.3. The molecule has 1 fully saturated rings. The summed E-state index contributed by atoms with van der Waals surface area (Å²) < 4.78 is 29.9. The van der Waals surface area contributed by atoms with Crippen LogP contribution in [0.15, 0.2) is 54.6 Å². The number of sulfone groups is 1.